The summed E-state index contributed by atoms with van der Waals surface area (Å²) in [5.74, 6) is 0.265. The maximum atomic E-state index is 11.5. The number of ether oxygens (including phenoxy) is 2. The number of hydrazone groups is 1. The SMILES string of the molecule is C=CCNC(=O)CC(=O)NN=Cc1ccc(OC)c(OC)c1. The van der Waals surface area contributed by atoms with Crippen LogP contribution in [0.15, 0.2) is 36.0 Å². The molecule has 0 radical (unpaired) electrons. The minimum Gasteiger partial charge on any atom is -0.493 e. The fourth-order valence-corrected chi connectivity index (χ4v) is 1.55. The normalized spacial score (nSPS) is 10.1. The summed E-state index contributed by atoms with van der Waals surface area (Å²) in [5.41, 5.74) is 2.99. The van der Waals surface area contributed by atoms with Crippen molar-refractivity contribution in [3.63, 3.8) is 0 Å². The van der Waals surface area contributed by atoms with Gasteiger partial charge in [0.1, 0.15) is 6.42 Å². The van der Waals surface area contributed by atoms with Crippen LogP contribution in [0.3, 0.4) is 0 Å². The van der Waals surface area contributed by atoms with Crippen molar-refractivity contribution in [2.75, 3.05) is 20.8 Å². The fourth-order valence-electron chi connectivity index (χ4n) is 1.55. The van der Waals surface area contributed by atoms with Crippen molar-refractivity contribution in [3.05, 3.63) is 36.4 Å². The molecule has 7 heteroatoms. The highest BCUT2D eigenvalue weighted by Crippen LogP contribution is 2.26. The molecule has 0 heterocycles. The summed E-state index contributed by atoms with van der Waals surface area (Å²) in [7, 11) is 3.08. The van der Waals surface area contributed by atoms with Gasteiger partial charge in [0.25, 0.3) is 0 Å². The van der Waals surface area contributed by atoms with Crippen LogP contribution in [0.25, 0.3) is 0 Å². The van der Waals surface area contributed by atoms with Crippen molar-refractivity contribution in [1.29, 1.82) is 0 Å². The Morgan fingerprint density at radius 2 is 1.95 bits per heavy atom. The van der Waals surface area contributed by atoms with Crippen LogP contribution in [0.1, 0.15) is 12.0 Å². The van der Waals surface area contributed by atoms with E-state index in [9.17, 15) is 9.59 Å². The summed E-state index contributed by atoms with van der Waals surface area (Å²) in [6.45, 7) is 3.78. The zero-order valence-corrected chi connectivity index (χ0v) is 12.6. The zero-order valence-electron chi connectivity index (χ0n) is 12.6. The molecule has 2 amide bonds. The molecule has 0 aliphatic carbocycles. The molecule has 0 unspecified atom stereocenters. The van der Waals surface area contributed by atoms with Crippen LogP contribution < -0.4 is 20.2 Å². The standard InChI is InChI=1S/C15H19N3O4/c1-4-7-16-14(19)9-15(20)18-17-10-11-5-6-12(21-2)13(8-11)22-3/h4-6,8,10H,1,7,9H2,2-3H3,(H,16,19)(H,18,20). The van der Waals surface area contributed by atoms with Gasteiger partial charge >= 0.3 is 0 Å². The van der Waals surface area contributed by atoms with E-state index in [2.05, 4.69) is 22.4 Å². The van der Waals surface area contributed by atoms with Gasteiger partial charge in [-0.1, -0.05) is 6.08 Å². The number of methoxy groups -OCH3 is 2. The number of hydrogen-bond donors (Lipinski definition) is 2. The Labute approximate surface area is 129 Å². The Morgan fingerprint density at radius 3 is 2.59 bits per heavy atom. The van der Waals surface area contributed by atoms with Gasteiger partial charge in [0.05, 0.1) is 20.4 Å². The molecule has 0 aromatic heterocycles. The van der Waals surface area contributed by atoms with Crippen molar-refractivity contribution >= 4 is 18.0 Å². The summed E-state index contributed by atoms with van der Waals surface area (Å²) in [6, 6.07) is 5.20. The molecule has 2 N–H and O–H groups in total. The molecule has 0 spiro atoms. The highest BCUT2D eigenvalue weighted by molar-refractivity contribution is 5.97. The Kier molecular flexibility index (Phi) is 7.18. The van der Waals surface area contributed by atoms with E-state index in [-0.39, 0.29) is 6.42 Å². The molecule has 118 valence electrons. The smallest absolute Gasteiger partial charge is 0.249 e. The zero-order chi connectivity index (χ0) is 16.4. The summed E-state index contributed by atoms with van der Waals surface area (Å²) >= 11 is 0. The lowest BCUT2D eigenvalue weighted by atomic mass is 10.2. The average Bonchev–Trinajstić information content (AvgIpc) is 2.52. The van der Waals surface area contributed by atoms with Gasteiger partial charge in [-0.15, -0.1) is 6.58 Å². The average molecular weight is 305 g/mol. The first-order chi connectivity index (χ1) is 10.6. The molecular formula is C15H19N3O4. The van der Waals surface area contributed by atoms with E-state index in [0.717, 1.165) is 0 Å². The lowest BCUT2D eigenvalue weighted by Gasteiger charge is -2.07. The lowest BCUT2D eigenvalue weighted by Crippen LogP contribution is -2.29. The lowest BCUT2D eigenvalue weighted by molar-refractivity contribution is -0.129. The van der Waals surface area contributed by atoms with Crippen LogP contribution in [0.4, 0.5) is 0 Å². The van der Waals surface area contributed by atoms with Gasteiger partial charge in [0.15, 0.2) is 11.5 Å². The summed E-state index contributed by atoms with van der Waals surface area (Å²) < 4.78 is 10.3. The number of carbonyl (C=O) groups excluding carboxylic acids is 2. The second kappa shape index (κ2) is 9.17. The maximum absolute atomic E-state index is 11.5. The minimum atomic E-state index is -0.502. The number of amides is 2. The van der Waals surface area contributed by atoms with Gasteiger partial charge in [0, 0.05) is 6.54 Å². The third-order valence-corrected chi connectivity index (χ3v) is 2.58. The first-order valence-corrected chi connectivity index (χ1v) is 6.52. The van der Waals surface area contributed by atoms with E-state index in [4.69, 9.17) is 9.47 Å². The monoisotopic (exact) mass is 305 g/mol. The molecule has 1 rings (SSSR count). The molecule has 0 saturated carbocycles. The summed E-state index contributed by atoms with van der Waals surface area (Å²) in [5, 5.41) is 6.28. The van der Waals surface area contributed by atoms with Gasteiger partial charge in [-0.2, -0.15) is 5.10 Å². The highest BCUT2D eigenvalue weighted by atomic mass is 16.5. The number of rotatable bonds is 8. The fraction of sp³-hybridized carbons (Fsp3) is 0.267. The molecule has 7 nitrogen and oxygen atoms in total. The first kappa shape index (κ1) is 17.2. The van der Waals surface area contributed by atoms with Crippen molar-refractivity contribution in [1.82, 2.24) is 10.7 Å². The van der Waals surface area contributed by atoms with E-state index >= 15 is 0 Å². The van der Waals surface area contributed by atoms with Crippen LogP contribution in [0.2, 0.25) is 0 Å². The van der Waals surface area contributed by atoms with Gasteiger partial charge in [0.2, 0.25) is 11.8 Å². The minimum absolute atomic E-state index is 0.295. The summed E-state index contributed by atoms with van der Waals surface area (Å²) in [6.07, 6.45) is 2.68. The van der Waals surface area contributed by atoms with Gasteiger partial charge < -0.3 is 14.8 Å². The predicted molar refractivity (Wildman–Crippen MR) is 83.1 cm³/mol. The number of nitrogens with zero attached hydrogens (tertiary/aromatic N) is 1. The molecular weight excluding hydrogens is 286 g/mol. The van der Waals surface area contributed by atoms with Crippen LogP contribution in [-0.2, 0) is 9.59 Å². The Morgan fingerprint density at radius 1 is 1.23 bits per heavy atom. The van der Waals surface area contributed by atoms with E-state index in [1.165, 1.54) is 19.4 Å². The number of carbonyl (C=O) groups is 2. The molecule has 1 aromatic carbocycles. The molecule has 1 aromatic rings. The molecule has 0 aliphatic rings. The van der Waals surface area contributed by atoms with Crippen LogP contribution in [-0.4, -0.2) is 38.8 Å². The van der Waals surface area contributed by atoms with Crippen LogP contribution in [0.5, 0.6) is 11.5 Å². The third-order valence-electron chi connectivity index (χ3n) is 2.58. The molecule has 22 heavy (non-hydrogen) atoms. The van der Waals surface area contributed by atoms with Gasteiger partial charge in [-0.3, -0.25) is 9.59 Å². The van der Waals surface area contributed by atoms with Gasteiger partial charge in [-0.05, 0) is 23.8 Å². The molecule has 0 saturated heterocycles. The van der Waals surface area contributed by atoms with E-state index in [1.54, 1.807) is 25.3 Å². The molecule has 0 fully saturated rings. The quantitative estimate of drug-likeness (QED) is 0.322. The number of nitrogens with one attached hydrogen (secondary N) is 2. The number of hydrogen-bond acceptors (Lipinski definition) is 5. The van der Waals surface area contributed by atoms with Crippen molar-refractivity contribution in [2.24, 2.45) is 5.10 Å². The molecule has 0 bridgehead atoms. The molecule has 0 atom stereocenters. The Bertz CT molecular complexity index is 570. The van der Waals surface area contributed by atoms with Crippen molar-refractivity contribution in [2.45, 2.75) is 6.42 Å². The van der Waals surface area contributed by atoms with Gasteiger partial charge in [-0.25, -0.2) is 5.43 Å². The van der Waals surface area contributed by atoms with E-state index in [1.807, 2.05) is 0 Å². The topological polar surface area (TPSA) is 89.0 Å². The second-order valence-electron chi connectivity index (χ2n) is 4.18. The number of benzene rings is 1. The maximum Gasteiger partial charge on any atom is 0.249 e. The van der Waals surface area contributed by atoms with E-state index < -0.39 is 11.8 Å². The van der Waals surface area contributed by atoms with Crippen molar-refractivity contribution in [3.8, 4) is 11.5 Å². The van der Waals surface area contributed by atoms with Crippen LogP contribution >= 0.6 is 0 Å². The van der Waals surface area contributed by atoms with Crippen molar-refractivity contribution < 1.29 is 19.1 Å². The predicted octanol–water partition coefficient (Wildman–Crippen LogP) is 0.846. The second-order valence-corrected chi connectivity index (χ2v) is 4.18. The summed E-state index contributed by atoms with van der Waals surface area (Å²) in [4.78, 5) is 22.8. The Balaban J connectivity index is 2.53. The Hall–Kier alpha value is -2.83. The molecule has 0 aliphatic heterocycles. The first-order valence-electron chi connectivity index (χ1n) is 6.52. The van der Waals surface area contributed by atoms with Crippen LogP contribution in [0, 0.1) is 0 Å². The third kappa shape index (κ3) is 5.66. The highest BCUT2D eigenvalue weighted by Gasteiger charge is 2.07. The largest absolute Gasteiger partial charge is 0.493 e. The van der Waals surface area contributed by atoms with E-state index in [0.29, 0.717) is 23.6 Å².